The van der Waals surface area contributed by atoms with Crippen molar-refractivity contribution in [3.05, 3.63) is 28.5 Å². The number of nitrogens with one attached hydrogen (secondary N) is 1. The number of carbonyl (C=O) groups excluding carboxylic acids is 2. The van der Waals surface area contributed by atoms with E-state index >= 15 is 0 Å². The van der Waals surface area contributed by atoms with Crippen LogP contribution in [0, 0.1) is 5.41 Å². The Balaban J connectivity index is 2.51. The van der Waals surface area contributed by atoms with E-state index in [2.05, 4.69) is 47.0 Å². The van der Waals surface area contributed by atoms with Crippen LogP contribution in [-0.4, -0.2) is 29.0 Å². The maximum atomic E-state index is 11.9. The molecule has 0 aromatic carbocycles. The molecule has 22 heavy (non-hydrogen) atoms. The summed E-state index contributed by atoms with van der Waals surface area (Å²) >= 11 is 3.23. The second kappa shape index (κ2) is 7.22. The summed E-state index contributed by atoms with van der Waals surface area (Å²) in [4.78, 5) is 27.7. The molecule has 0 radical (unpaired) electrons. The molecule has 0 aliphatic heterocycles. The molecule has 0 fully saturated rings. The Labute approximate surface area is 140 Å². The first-order valence-corrected chi connectivity index (χ1v) is 7.86. The van der Waals surface area contributed by atoms with Crippen LogP contribution in [0.5, 0.6) is 0 Å². The molecule has 0 aliphatic carbocycles. The third kappa shape index (κ3) is 7.02. The zero-order valence-electron chi connectivity index (χ0n) is 13.7. The highest BCUT2D eigenvalue weighted by molar-refractivity contribution is 9.10. The van der Waals surface area contributed by atoms with Crippen LogP contribution in [0.3, 0.4) is 0 Å². The van der Waals surface area contributed by atoms with Gasteiger partial charge >= 0.3 is 5.97 Å². The molecule has 0 saturated carbocycles. The van der Waals surface area contributed by atoms with Crippen molar-refractivity contribution in [2.75, 3.05) is 6.61 Å². The van der Waals surface area contributed by atoms with Crippen molar-refractivity contribution in [1.82, 2.24) is 10.3 Å². The average Bonchev–Trinajstić information content (AvgIpc) is 2.32. The van der Waals surface area contributed by atoms with Crippen LogP contribution < -0.4 is 5.32 Å². The lowest BCUT2D eigenvalue weighted by atomic mass is 9.82. The summed E-state index contributed by atoms with van der Waals surface area (Å²) in [6.07, 6.45) is 3.78. The van der Waals surface area contributed by atoms with Crippen molar-refractivity contribution < 1.29 is 14.3 Å². The molecule has 1 aromatic rings. The zero-order valence-corrected chi connectivity index (χ0v) is 15.3. The summed E-state index contributed by atoms with van der Waals surface area (Å²) in [5, 5.41) is 2.89. The number of ether oxygens (including phenoxy) is 1. The summed E-state index contributed by atoms with van der Waals surface area (Å²) in [5.74, 6) is -0.886. The van der Waals surface area contributed by atoms with E-state index in [0.717, 1.165) is 6.42 Å². The van der Waals surface area contributed by atoms with E-state index in [-0.39, 0.29) is 23.5 Å². The number of nitrogens with zero attached hydrogens (tertiary/aromatic N) is 1. The molecule has 1 amide bonds. The molecule has 0 bridgehead atoms. The van der Waals surface area contributed by atoms with Crippen LogP contribution in [0.4, 0.5) is 0 Å². The minimum absolute atomic E-state index is 0.0927. The second-order valence-corrected chi connectivity index (χ2v) is 8.05. The first-order valence-electron chi connectivity index (χ1n) is 7.07. The van der Waals surface area contributed by atoms with Crippen LogP contribution in [0.1, 0.15) is 51.4 Å². The van der Waals surface area contributed by atoms with Gasteiger partial charge in [-0.15, -0.1) is 0 Å². The van der Waals surface area contributed by atoms with E-state index in [0.29, 0.717) is 10.0 Å². The van der Waals surface area contributed by atoms with Gasteiger partial charge in [0.2, 0.25) is 0 Å². The van der Waals surface area contributed by atoms with Gasteiger partial charge in [0.1, 0.15) is 0 Å². The van der Waals surface area contributed by atoms with E-state index in [9.17, 15) is 9.59 Å². The Morgan fingerprint density at radius 2 is 1.86 bits per heavy atom. The lowest BCUT2D eigenvalue weighted by molar-refractivity contribution is -0.126. The van der Waals surface area contributed by atoms with Crippen LogP contribution in [0.25, 0.3) is 0 Å². The fourth-order valence-corrected chi connectivity index (χ4v) is 2.89. The maximum absolute atomic E-state index is 11.9. The predicted molar refractivity (Wildman–Crippen MR) is 88.5 cm³/mol. The molecule has 1 heterocycles. The molecule has 5 nitrogen and oxygen atoms in total. The van der Waals surface area contributed by atoms with Gasteiger partial charge in [0.05, 0.1) is 5.56 Å². The Morgan fingerprint density at radius 3 is 2.41 bits per heavy atom. The molecule has 0 atom stereocenters. The molecular formula is C16H23BrN2O3. The molecule has 0 saturated heterocycles. The number of hydrogen-bond donors (Lipinski definition) is 1. The van der Waals surface area contributed by atoms with E-state index in [4.69, 9.17) is 4.74 Å². The quantitative estimate of drug-likeness (QED) is 0.807. The van der Waals surface area contributed by atoms with Crippen molar-refractivity contribution >= 4 is 27.8 Å². The van der Waals surface area contributed by atoms with Crippen LogP contribution in [0.15, 0.2) is 22.9 Å². The van der Waals surface area contributed by atoms with E-state index in [1.54, 1.807) is 12.3 Å². The third-order valence-electron chi connectivity index (χ3n) is 2.73. The summed E-state index contributed by atoms with van der Waals surface area (Å²) in [6.45, 7) is 9.94. The minimum atomic E-state index is -0.572. The fraction of sp³-hybridized carbons (Fsp3) is 0.562. The SMILES string of the molecule is CC(C)(C)CC(C)(C)NC(=O)COC(=O)c1cncc(Br)c1. The molecule has 1 rings (SSSR count). The summed E-state index contributed by atoms with van der Waals surface area (Å²) in [6, 6.07) is 1.59. The monoisotopic (exact) mass is 370 g/mol. The smallest absolute Gasteiger partial charge is 0.340 e. The van der Waals surface area contributed by atoms with Gasteiger partial charge in [0.15, 0.2) is 6.61 Å². The highest BCUT2D eigenvalue weighted by atomic mass is 79.9. The molecule has 0 aliphatic rings. The lowest BCUT2D eigenvalue weighted by Crippen LogP contribution is -2.47. The van der Waals surface area contributed by atoms with Gasteiger partial charge < -0.3 is 10.1 Å². The Bertz CT molecular complexity index is 551. The fourth-order valence-electron chi connectivity index (χ4n) is 2.52. The first-order chi connectivity index (χ1) is 9.98. The Hall–Kier alpha value is -1.43. The summed E-state index contributed by atoms with van der Waals surface area (Å²) in [5.41, 5.74) is 0.0326. The summed E-state index contributed by atoms with van der Waals surface area (Å²) < 4.78 is 5.69. The first kappa shape index (κ1) is 18.6. The Morgan fingerprint density at radius 1 is 1.23 bits per heavy atom. The normalized spacial score (nSPS) is 11.9. The van der Waals surface area contributed by atoms with Gasteiger partial charge in [0.25, 0.3) is 5.91 Å². The predicted octanol–water partition coefficient (Wildman–Crippen LogP) is 3.33. The van der Waals surface area contributed by atoms with Crippen molar-refractivity contribution in [1.29, 1.82) is 0 Å². The highest BCUT2D eigenvalue weighted by Crippen LogP contribution is 2.26. The average molecular weight is 371 g/mol. The standard InChI is InChI=1S/C16H23BrN2O3/c1-15(2,3)10-16(4,5)19-13(20)9-22-14(21)11-6-12(17)8-18-7-11/h6-8H,9-10H2,1-5H3,(H,19,20). The van der Waals surface area contributed by atoms with Gasteiger partial charge in [-0.25, -0.2) is 4.79 Å². The molecular weight excluding hydrogens is 348 g/mol. The number of carbonyl (C=O) groups is 2. The number of hydrogen-bond acceptors (Lipinski definition) is 4. The topological polar surface area (TPSA) is 68.3 Å². The number of rotatable bonds is 5. The Kier molecular flexibility index (Phi) is 6.11. The van der Waals surface area contributed by atoms with E-state index in [1.165, 1.54) is 6.20 Å². The van der Waals surface area contributed by atoms with Crippen molar-refractivity contribution in [2.45, 2.75) is 46.6 Å². The number of amides is 1. The highest BCUT2D eigenvalue weighted by Gasteiger charge is 2.27. The van der Waals surface area contributed by atoms with Crippen LogP contribution in [-0.2, 0) is 9.53 Å². The number of halogens is 1. The van der Waals surface area contributed by atoms with Gasteiger partial charge in [-0.05, 0) is 47.7 Å². The second-order valence-electron chi connectivity index (χ2n) is 7.14. The minimum Gasteiger partial charge on any atom is -0.452 e. The molecule has 6 heteroatoms. The van der Waals surface area contributed by atoms with Crippen molar-refractivity contribution in [3.8, 4) is 0 Å². The van der Waals surface area contributed by atoms with Gasteiger partial charge in [0, 0.05) is 22.4 Å². The van der Waals surface area contributed by atoms with Crippen LogP contribution in [0.2, 0.25) is 0 Å². The lowest BCUT2D eigenvalue weighted by Gasteiger charge is -2.33. The number of pyridine rings is 1. The number of esters is 1. The molecule has 1 aromatic heterocycles. The van der Waals surface area contributed by atoms with Crippen LogP contribution >= 0.6 is 15.9 Å². The summed E-state index contributed by atoms with van der Waals surface area (Å²) in [7, 11) is 0. The van der Waals surface area contributed by atoms with Crippen molar-refractivity contribution in [2.24, 2.45) is 5.41 Å². The van der Waals surface area contributed by atoms with Gasteiger partial charge in [-0.1, -0.05) is 20.8 Å². The maximum Gasteiger partial charge on any atom is 0.340 e. The van der Waals surface area contributed by atoms with Gasteiger partial charge in [-0.2, -0.15) is 0 Å². The van der Waals surface area contributed by atoms with E-state index in [1.807, 2.05) is 13.8 Å². The molecule has 0 unspecified atom stereocenters. The number of aromatic nitrogens is 1. The van der Waals surface area contributed by atoms with E-state index < -0.39 is 5.97 Å². The molecule has 122 valence electrons. The van der Waals surface area contributed by atoms with Crippen molar-refractivity contribution in [3.63, 3.8) is 0 Å². The molecule has 0 spiro atoms. The third-order valence-corrected chi connectivity index (χ3v) is 3.16. The molecule has 1 N–H and O–H groups in total. The van der Waals surface area contributed by atoms with Gasteiger partial charge in [-0.3, -0.25) is 9.78 Å². The largest absolute Gasteiger partial charge is 0.452 e. The zero-order chi connectivity index (χ0) is 17.0.